The Morgan fingerprint density at radius 2 is 1.46 bits per heavy atom. The highest BCUT2D eigenvalue weighted by Crippen LogP contribution is 2.20. The van der Waals surface area contributed by atoms with Crippen LogP contribution in [0.4, 0.5) is 10.1 Å². The van der Waals surface area contributed by atoms with Gasteiger partial charge in [0.2, 0.25) is 5.90 Å². The fraction of sp³-hybridized carbons (Fsp3) is 0.0455. The summed E-state index contributed by atoms with van der Waals surface area (Å²) in [6.07, 6.45) is 1.54. The summed E-state index contributed by atoms with van der Waals surface area (Å²) in [5.74, 6) is 0.605. The largest absolute Gasteiger partial charge is 0.465 e. The van der Waals surface area contributed by atoms with E-state index in [-0.39, 0.29) is 11.6 Å². The third kappa shape index (κ3) is 4.80. The number of para-hydroxylation sites is 3. The van der Waals surface area contributed by atoms with Gasteiger partial charge in [0.25, 0.3) is 0 Å². The van der Waals surface area contributed by atoms with Crippen molar-refractivity contribution in [3.05, 3.63) is 103 Å². The first-order valence-corrected chi connectivity index (χ1v) is 8.17. The number of halogens is 1. The van der Waals surface area contributed by atoms with Crippen molar-refractivity contribution in [2.45, 2.75) is 6.92 Å². The van der Waals surface area contributed by atoms with Gasteiger partial charge in [0.1, 0.15) is 5.75 Å². The highest BCUT2D eigenvalue weighted by Gasteiger charge is 2.10. The van der Waals surface area contributed by atoms with Crippen LogP contribution in [0.5, 0.6) is 11.5 Å². The van der Waals surface area contributed by atoms with Crippen LogP contribution in [-0.4, -0.2) is 5.90 Å². The second-order valence-corrected chi connectivity index (χ2v) is 5.52. The molecule has 3 aromatic carbocycles. The van der Waals surface area contributed by atoms with Gasteiger partial charge in [-0.25, -0.2) is 9.38 Å². The molecule has 0 aromatic heterocycles. The highest BCUT2D eigenvalue weighted by molar-refractivity contribution is 5.96. The Bertz CT molecular complexity index is 906. The van der Waals surface area contributed by atoms with Gasteiger partial charge in [0.15, 0.2) is 11.6 Å². The maximum Gasteiger partial charge on any atom is 0.225 e. The number of hydrogen-bond donors (Lipinski definition) is 0. The zero-order valence-corrected chi connectivity index (χ0v) is 14.3. The second kappa shape index (κ2) is 8.62. The summed E-state index contributed by atoms with van der Waals surface area (Å²) in [6, 6.07) is 24.9. The number of ether oxygens (including phenoxy) is 2. The summed E-state index contributed by atoms with van der Waals surface area (Å²) in [5, 5.41) is 0. The molecule has 0 saturated carbocycles. The molecule has 130 valence electrons. The van der Waals surface area contributed by atoms with Crippen LogP contribution in [0.1, 0.15) is 6.92 Å². The quantitative estimate of drug-likeness (QED) is 0.326. The molecule has 0 fully saturated rings. The van der Waals surface area contributed by atoms with E-state index in [0.29, 0.717) is 17.0 Å². The second-order valence-electron chi connectivity index (χ2n) is 5.52. The number of aliphatic imine (C=N–C) groups is 1. The fourth-order valence-electron chi connectivity index (χ4n) is 2.15. The predicted molar refractivity (Wildman–Crippen MR) is 101 cm³/mol. The lowest BCUT2D eigenvalue weighted by atomic mass is 10.3. The number of hydrogen-bond acceptors (Lipinski definition) is 3. The molecule has 4 heteroatoms. The molecule has 0 bridgehead atoms. The molecule has 3 nitrogen and oxygen atoms in total. The molecule has 0 amide bonds. The smallest absolute Gasteiger partial charge is 0.225 e. The molecule has 0 aliphatic carbocycles. The van der Waals surface area contributed by atoms with E-state index in [0.717, 1.165) is 0 Å². The van der Waals surface area contributed by atoms with E-state index in [1.807, 2.05) is 60.7 Å². The van der Waals surface area contributed by atoms with Gasteiger partial charge < -0.3 is 9.47 Å². The molecular formula is C22H18FNO2. The minimum absolute atomic E-state index is 0.106. The Hall–Kier alpha value is -3.40. The van der Waals surface area contributed by atoms with E-state index >= 15 is 0 Å². The van der Waals surface area contributed by atoms with E-state index in [1.165, 1.54) is 12.3 Å². The van der Waals surface area contributed by atoms with Crippen molar-refractivity contribution in [2.24, 2.45) is 4.99 Å². The van der Waals surface area contributed by atoms with E-state index < -0.39 is 5.82 Å². The van der Waals surface area contributed by atoms with Crippen molar-refractivity contribution in [3.63, 3.8) is 0 Å². The van der Waals surface area contributed by atoms with Gasteiger partial charge in [-0.1, -0.05) is 48.5 Å². The summed E-state index contributed by atoms with van der Waals surface area (Å²) in [6.45, 7) is 1.80. The first-order valence-electron chi connectivity index (χ1n) is 8.17. The van der Waals surface area contributed by atoms with Gasteiger partial charge in [-0.2, -0.15) is 0 Å². The average molecular weight is 347 g/mol. The van der Waals surface area contributed by atoms with Gasteiger partial charge in [-0.3, -0.25) is 0 Å². The van der Waals surface area contributed by atoms with E-state index in [9.17, 15) is 4.39 Å². The van der Waals surface area contributed by atoms with E-state index in [2.05, 4.69) is 4.99 Å². The average Bonchev–Trinajstić information content (AvgIpc) is 2.69. The third-order valence-electron chi connectivity index (χ3n) is 3.48. The molecular weight excluding hydrogens is 329 g/mol. The van der Waals surface area contributed by atoms with Crippen LogP contribution < -0.4 is 9.47 Å². The van der Waals surface area contributed by atoms with Crippen molar-refractivity contribution < 1.29 is 13.9 Å². The third-order valence-corrected chi connectivity index (χ3v) is 3.48. The molecule has 3 rings (SSSR count). The first-order chi connectivity index (χ1) is 12.7. The van der Waals surface area contributed by atoms with Crippen molar-refractivity contribution in [2.75, 3.05) is 0 Å². The van der Waals surface area contributed by atoms with Gasteiger partial charge in [-0.05, 0) is 43.3 Å². The van der Waals surface area contributed by atoms with Crippen molar-refractivity contribution in [3.8, 4) is 11.5 Å². The molecule has 26 heavy (non-hydrogen) atoms. The normalized spacial score (nSPS) is 11.9. The summed E-state index contributed by atoms with van der Waals surface area (Å²) < 4.78 is 25.3. The Balaban J connectivity index is 1.89. The van der Waals surface area contributed by atoms with E-state index in [1.54, 1.807) is 25.1 Å². The lowest BCUT2D eigenvalue weighted by molar-refractivity contribution is 0.467. The molecule has 0 saturated heterocycles. The Labute approximate surface area is 152 Å². The number of nitrogens with zero attached hydrogens (tertiary/aromatic N) is 1. The standard InChI is InChI=1S/C22H18FNO2/c1-17(16-25-19-12-6-3-7-13-19)22(24-18-10-4-2-5-11-18)26-21-15-9-8-14-20(21)23/h2-16H,1H3/b17-16+,24-22+. The van der Waals surface area contributed by atoms with Gasteiger partial charge in [-0.15, -0.1) is 0 Å². The molecule has 0 radical (unpaired) electrons. The molecule has 0 aliphatic heterocycles. The summed E-state index contributed by atoms with van der Waals surface area (Å²) >= 11 is 0. The molecule has 3 aromatic rings. The molecule has 0 heterocycles. The van der Waals surface area contributed by atoms with Gasteiger partial charge >= 0.3 is 0 Å². The predicted octanol–water partition coefficient (Wildman–Crippen LogP) is 5.92. The summed E-state index contributed by atoms with van der Waals surface area (Å²) in [5.41, 5.74) is 1.33. The number of benzene rings is 3. The highest BCUT2D eigenvalue weighted by atomic mass is 19.1. The van der Waals surface area contributed by atoms with Crippen LogP contribution in [0.15, 0.2) is 102 Å². The zero-order valence-electron chi connectivity index (χ0n) is 14.3. The Morgan fingerprint density at radius 1 is 0.846 bits per heavy atom. The molecule has 0 spiro atoms. The Kier molecular flexibility index (Phi) is 5.78. The minimum Gasteiger partial charge on any atom is -0.465 e. The maximum atomic E-state index is 14.0. The molecule has 0 N–H and O–H groups in total. The van der Waals surface area contributed by atoms with Crippen LogP contribution in [0.2, 0.25) is 0 Å². The summed E-state index contributed by atoms with van der Waals surface area (Å²) in [7, 11) is 0. The van der Waals surface area contributed by atoms with Gasteiger partial charge in [0, 0.05) is 5.57 Å². The first kappa shape index (κ1) is 17.4. The fourth-order valence-corrected chi connectivity index (χ4v) is 2.15. The topological polar surface area (TPSA) is 30.8 Å². The molecule has 0 aliphatic rings. The van der Waals surface area contributed by atoms with Crippen LogP contribution in [-0.2, 0) is 0 Å². The van der Waals surface area contributed by atoms with Crippen molar-refractivity contribution in [1.29, 1.82) is 0 Å². The van der Waals surface area contributed by atoms with Crippen LogP contribution in [0.25, 0.3) is 0 Å². The lowest BCUT2D eigenvalue weighted by Gasteiger charge is -2.11. The minimum atomic E-state index is -0.454. The van der Waals surface area contributed by atoms with Crippen molar-refractivity contribution in [1.82, 2.24) is 0 Å². The molecule has 0 atom stereocenters. The number of rotatable bonds is 5. The van der Waals surface area contributed by atoms with Gasteiger partial charge in [0.05, 0.1) is 11.9 Å². The maximum absolute atomic E-state index is 14.0. The zero-order chi connectivity index (χ0) is 18.2. The monoisotopic (exact) mass is 347 g/mol. The SMILES string of the molecule is CC(=C\Oc1ccccc1)/C(=N\c1ccccc1)Oc1ccccc1F. The Morgan fingerprint density at radius 3 is 2.15 bits per heavy atom. The van der Waals surface area contributed by atoms with Crippen LogP contribution in [0, 0.1) is 5.82 Å². The lowest BCUT2D eigenvalue weighted by Crippen LogP contribution is -2.11. The molecule has 0 unspecified atom stereocenters. The van der Waals surface area contributed by atoms with Crippen LogP contribution >= 0.6 is 0 Å². The summed E-state index contributed by atoms with van der Waals surface area (Å²) in [4.78, 5) is 4.49. The van der Waals surface area contributed by atoms with Crippen molar-refractivity contribution >= 4 is 11.6 Å². The van der Waals surface area contributed by atoms with Crippen LogP contribution in [0.3, 0.4) is 0 Å². The van der Waals surface area contributed by atoms with E-state index in [4.69, 9.17) is 9.47 Å².